The molecule has 3 rings (SSSR count). The Morgan fingerprint density at radius 2 is 2.05 bits per heavy atom. The molecule has 6 heteroatoms. The first-order valence-electron chi connectivity index (χ1n) is 7.10. The lowest BCUT2D eigenvalue weighted by Crippen LogP contribution is -2.63. The third kappa shape index (κ3) is 2.72. The molecule has 0 atom stereocenters. The number of carbonyl (C=O) groups excluding carboxylic acids is 1. The summed E-state index contributed by atoms with van der Waals surface area (Å²) in [4.78, 5) is 15.1. The van der Waals surface area contributed by atoms with E-state index in [1.165, 1.54) is 19.3 Å². The Hall–Kier alpha value is 0.0900. The zero-order valence-electron chi connectivity index (χ0n) is 11.3. The van der Waals surface area contributed by atoms with Gasteiger partial charge in [0.05, 0.1) is 18.7 Å². The Balaban J connectivity index is 1.89. The van der Waals surface area contributed by atoms with Crippen LogP contribution < -0.4 is 5.32 Å². The number of halogens is 2. The summed E-state index contributed by atoms with van der Waals surface area (Å²) >= 11 is 8.56. The van der Waals surface area contributed by atoms with E-state index in [4.69, 9.17) is 0 Å². The first-order valence-corrected chi connectivity index (χ1v) is 9.50. The molecule has 1 aliphatic heterocycles. The van der Waals surface area contributed by atoms with E-state index < -0.39 is 0 Å². The maximum absolute atomic E-state index is 13.0. The molecule has 0 aromatic carbocycles. The molecule has 1 saturated heterocycles. The maximum atomic E-state index is 13.0. The first kappa shape index (κ1) is 15.0. The van der Waals surface area contributed by atoms with Crippen LogP contribution in [0, 0.1) is 0 Å². The van der Waals surface area contributed by atoms with E-state index in [9.17, 15) is 4.79 Å². The van der Waals surface area contributed by atoms with Gasteiger partial charge in [-0.1, -0.05) is 19.3 Å². The summed E-state index contributed by atoms with van der Waals surface area (Å²) in [5.41, 5.74) is 0.843. The fraction of sp³-hybridized carbons (Fsp3) is 0.643. The number of rotatable bonds is 1. The summed E-state index contributed by atoms with van der Waals surface area (Å²) in [6.07, 6.45) is 6.04. The summed E-state index contributed by atoms with van der Waals surface area (Å²) in [7, 11) is 0. The Morgan fingerprint density at radius 3 is 2.70 bits per heavy atom. The molecule has 3 nitrogen and oxygen atoms in total. The van der Waals surface area contributed by atoms with Crippen LogP contribution in [0.2, 0.25) is 0 Å². The number of nitrogens with zero attached hydrogens (tertiary/aromatic N) is 1. The van der Waals surface area contributed by atoms with E-state index in [0.717, 1.165) is 45.6 Å². The number of carbonyl (C=O) groups is 1. The highest BCUT2D eigenvalue weighted by molar-refractivity contribution is 9.12. The molecule has 20 heavy (non-hydrogen) atoms. The van der Waals surface area contributed by atoms with Crippen molar-refractivity contribution in [3.05, 3.63) is 19.2 Å². The average Bonchev–Trinajstić information content (AvgIpc) is 2.78. The highest BCUT2D eigenvalue weighted by Gasteiger charge is 2.42. The smallest absolute Gasteiger partial charge is 0.256 e. The van der Waals surface area contributed by atoms with E-state index in [-0.39, 0.29) is 11.4 Å². The van der Waals surface area contributed by atoms with Gasteiger partial charge in [0.1, 0.15) is 0 Å². The van der Waals surface area contributed by atoms with Crippen molar-refractivity contribution in [1.82, 2.24) is 10.2 Å². The highest BCUT2D eigenvalue weighted by atomic mass is 79.9. The van der Waals surface area contributed by atoms with Gasteiger partial charge in [0, 0.05) is 19.6 Å². The second-order valence-corrected chi connectivity index (χ2v) is 9.41. The lowest BCUT2D eigenvalue weighted by molar-refractivity contribution is 0.0222. The van der Waals surface area contributed by atoms with Gasteiger partial charge >= 0.3 is 0 Å². The molecule has 2 aliphatic rings. The van der Waals surface area contributed by atoms with Crippen LogP contribution in [-0.2, 0) is 0 Å². The van der Waals surface area contributed by atoms with Gasteiger partial charge in [-0.25, -0.2) is 0 Å². The third-order valence-corrected chi connectivity index (χ3v) is 6.79. The van der Waals surface area contributed by atoms with Gasteiger partial charge in [-0.05, 0) is 50.8 Å². The molecule has 1 amide bonds. The van der Waals surface area contributed by atoms with Crippen molar-refractivity contribution < 1.29 is 4.79 Å². The van der Waals surface area contributed by atoms with Crippen LogP contribution in [0.5, 0.6) is 0 Å². The van der Waals surface area contributed by atoms with Gasteiger partial charge < -0.3 is 10.2 Å². The van der Waals surface area contributed by atoms with Crippen molar-refractivity contribution in [2.45, 2.75) is 37.6 Å². The largest absolute Gasteiger partial charge is 0.330 e. The van der Waals surface area contributed by atoms with Crippen molar-refractivity contribution in [1.29, 1.82) is 0 Å². The van der Waals surface area contributed by atoms with E-state index in [2.05, 4.69) is 42.1 Å². The van der Waals surface area contributed by atoms with Crippen LogP contribution in [-0.4, -0.2) is 36.0 Å². The molecule has 2 heterocycles. The predicted molar refractivity (Wildman–Crippen MR) is 89.4 cm³/mol. The Morgan fingerprint density at radius 1 is 1.30 bits per heavy atom. The fourth-order valence-electron chi connectivity index (χ4n) is 3.45. The zero-order chi connectivity index (χ0) is 14.2. The predicted octanol–water partition coefficient (Wildman–Crippen LogP) is 4.02. The van der Waals surface area contributed by atoms with Crippen molar-refractivity contribution in [3.8, 4) is 0 Å². The van der Waals surface area contributed by atoms with Crippen molar-refractivity contribution in [2.75, 3.05) is 19.6 Å². The SMILES string of the molecule is O=C(c1cc(Br)sc1Br)N1CCNCC12CCCCC2. The number of hydrogen-bond acceptors (Lipinski definition) is 3. The second-order valence-electron chi connectivity index (χ2n) is 5.66. The van der Waals surface area contributed by atoms with Gasteiger partial charge in [0.15, 0.2) is 0 Å². The molecule has 0 unspecified atom stereocenters. The normalized spacial score (nSPS) is 22.2. The zero-order valence-corrected chi connectivity index (χ0v) is 15.2. The van der Waals surface area contributed by atoms with Crippen molar-refractivity contribution in [3.63, 3.8) is 0 Å². The van der Waals surface area contributed by atoms with Crippen LogP contribution in [0.15, 0.2) is 13.6 Å². The fourth-order valence-corrected chi connectivity index (χ4v) is 6.23. The van der Waals surface area contributed by atoms with Crippen LogP contribution in [0.25, 0.3) is 0 Å². The Labute approximate surface area is 140 Å². The molecular weight excluding hydrogens is 404 g/mol. The average molecular weight is 422 g/mol. The molecule has 1 aromatic heterocycles. The van der Waals surface area contributed by atoms with Crippen LogP contribution >= 0.6 is 43.2 Å². The molecule has 1 N–H and O–H groups in total. The third-order valence-electron chi connectivity index (χ3n) is 4.46. The van der Waals surface area contributed by atoms with Gasteiger partial charge in [0.25, 0.3) is 5.91 Å². The highest BCUT2D eigenvalue weighted by Crippen LogP contribution is 2.38. The number of nitrogens with one attached hydrogen (secondary N) is 1. The molecule has 110 valence electrons. The molecule has 1 saturated carbocycles. The van der Waals surface area contributed by atoms with Crippen LogP contribution in [0.1, 0.15) is 42.5 Å². The van der Waals surface area contributed by atoms with Gasteiger partial charge in [0.2, 0.25) is 0 Å². The molecule has 1 aliphatic carbocycles. The minimum absolute atomic E-state index is 0.0431. The summed E-state index contributed by atoms with van der Waals surface area (Å²) in [6.45, 7) is 2.66. The topological polar surface area (TPSA) is 32.3 Å². The van der Waals surface area contributed by atoms with Crippen LogP contribution in [0.4, 0.5) is 0 Å². The van der Waals surface area contributed by atoms with E-state index in [1.54, 1.807) is 11.3 Å². The van der Waals surface area contributed by atoms with E-state index in [1.807, 2.05) is 6.07 Å². The Bertz CT molecular complexity index is 503. The molecular formula is C14H18Br2N2OS. The monoisotopic (exact) mass is 420 g/mol. The number of hydrogen-bond donors (Lipinski definition) is 1. The van der Waals surface area contributed by atoms with E-state index in [0.29, 0.717) is 0 Å². The molecule has 1 aromatic rings. The van der Waals surface area contributed by atoms with Crippen LogP contribution in [0.3, 0.4) is 0 Å². The molecule has 0 bridgehead atoms. The molecule has 2 fully saturated rings. The lowest BCUT2D eigenvalue weighted by atomic mass is 9.79. The minimum atomic E-state index is 0.0431. The number of piperazine rings is 1. The maximum Gasteiger partial charge on any atom is 0.256 e. The quantitative estimate of drug-likeness (QED) is 0.742. The second kappa shape index (κ2) is 6.07. The molecule has 1 spiro atoms. The molecule has 0 radical (unpaired) electrons. The Kier molecular flexibility index (Phi) is 4.55. The standard InChI is InChI=1S/C14H18Br2N2OS/c15-11-8-10(12(16)20-11)13(19)18-7-6-17-9-14(18)4-2-1-3-5-14/h8,17H,1-7,9H2. The number of amides is 1. The van der Waals surface area contributed by atoms with E-state index >= 15 is 0 Å². The van der Waals surface area contributed by atoms with Gasteiger partial charge in [-0.2, -0.15) is 0 Å². The summed E-state index contributed by atoms with van der Waals surface area (Å²) in [5.74, 6) is 0.183. The summed E-state index contributed by atoms with van der Waals surface area (Å²) in [5, 5.41) is 3.49. The lowest BCUT2D eigenvalue weighted by Gasteiger charge is -2.49. The minimum Gasteiger partial charge on any atom is -0.330 e. The van der Waals surface area contributed by atoms with Gasteiger partial charge in [-0.3, -0.25) is 4.79 Å². The first-order chi connectivity index (χ1) is 9.62. The van der Waals surface area contributed by atoms with Gasteiger partial charge in [-0.15, -0.1) is 11.3 Å². The summed E-state index contributed by atoms with van der Waals surface area (Å²) < 4.78 is 1.93. The van der Waals surface area contributed by atoms with Crippen molar-refractivity contribution >= 4 is 49.1 Å². The number of thiophene rings is 1. The van der Waals surface area contributed by atoms with Crippen molar-refractivity contribution in [2.24, 2.45) is 0 Å². The summed E-state index contributed by atoms with van der Waals surface area (Å²) in [6, 6.07) is 1.94.